The van der Waals surface area contributed by atoms with Crippen LogP contribution < -0.4 is 0 Å². The predicted octanol–water partition coefficient (Wildman–Crippen LogP) is 1.46. The van der Waals surface area contributed by atoms with Gasteiger partial charge in [-0.25, -0.2) is 4.39 Å². The van der Waals surface area contributed by atoms with Crippen LogP contribution in [0.4, 0.5) is 4.39 Å². The first-order chi connectivity index (χ1) is 8.20. The fraction of sp³-hybridized carbons (Fsp3) is 0.333. The van der Waals surface area contributed by atoms with Crippen molar-refractivity contribution in [3.8, 4) is 0 Å². The number of aliphatic hydroxyl groups excluding tert-OH is 1. The molecule has 1 aromatic carbocycles. The molecule has 1 aromatic heterocycles. The molecule has 0 aliphatic rings. The molecule has 2 aromatic rings. The first-order valence-electron chi connectivity index (χ1n) is 5.43. The van der Waals surface area contributed by atoms with Crippen LogP contribution in [0.25, 0.3) is 0 Å². The van der Waals surface area contributed by atoms with Gasteiger partial charge in [-0.15, -0.1) is 10.2 Å². The third kappa shape index (κ3) is 2.68. The van der Waals surface area contributed by atoms with E-state index in [2.05, 4.69) is 10.2 Å². The summed E-state index contributed by atoms with van der Waals surface area (Å²) in [5.41, 5.74) is 2.02. The van der Waals surface area contributed by atoms with E-state index in [4.69, 9.17) is 5.11 Å². The lowest BCUT2D eigenvalue weighted by Crippen LogP contribution is -2.06. The summed E-state index contributed by atoms with van der Waals surface area (Å²) >= 11 is 0. The molecule has 1 heterocycles. The second-order valence-electron chi connectivity index (χ2n) is 3.92. The van der Waals surface area contributed by atoms with Gasteiger partial charge in [-0.2, -0.15) is 0 Å². The van der Waals surface area contributed by atoms with E-state index < -0.39 is 0 Å². The molecule has 0 aliphatic carbocycles. The molecule has 0 fully saturated rings. The summed E-state index contributed by atoms with van der Waals surface area (Å²) in [6.07, 6.45) is 2.35. The number of halogens is 1. The van der Waals surface area contributed by atoms with Crippen molar-refractivity contribution in [1.82, 2.24) is 14.8 Å². The second-order valence-corrected chi connectivity index (χ2v) is 3.92. The molecule has 0 saturated heterocycles. The topological polar surface area (TPSA) is 50.9 Å². The molecule has 90 valence electrons. The van der Waals surface area contributed by atoms with E-state index in [0.717, 1.165) is 17.5 Å². The molecule has 0 spiro atoms. The van der Waals surface area contributed by atoms with Crippen LogP contribution in [-0.2, 0) is 19.6 Å². The number of hydrogen-bond donors (Lipinski definition) is 1. The largest absolute Gasteiger partial charge is 0.388 e. The van der Waals surface area contributed by atoms with Gasteiger partial charge in [0.1, 0.15) is 18.8 Å². The number of hydrogen-bond acceptors (Lipinski definition) is 3. The molecule has 4 nitrogen and oxygen atoms in total. The molecule has 2 rings (SSSR count). The van der Waals surface area contributed by atoms with E-state index in [1.54, 1.807) is 17.0 Å². The van der Waals surface area contributed by atoms with E-state index in [-0.39, 0.29) is 12.4 Å². The predicted molar refractivity (Wildman–Crippen MR) is 60.8 cm³/mol. The van der Waals surface area contributed by atoms with Gasteiger partial charge in [0.25, 0.3) is 0 Å². The van der Waals surface area contributed by atoms with E-state index in [0.29, 0.717) is 12.4 Å². The van der Waals surface area contributed by atoms with Gasteiger partial charge in [-0.3, -0.25) is 0 Å². The van der Waals surface area contributed by atoms with Crippen molar-refractivity contribution >= 4 is 0 Å². The maximum absolute atomic E-state index is 12.9. The Morgan fingerprint density at radius 2 is 2.24 bits per heavy atom. The van der Waals surface area contributed by atoms with Crippen LogP contribution in [0.2, 0.25) is 0 Å². The van der Waals surface area contributed by atoms with Gasteiger partial charge in [0.05, 0.1) is 0 Å². The quantitative estimate of drug-likeness (QED) is 0.872. The molecule has 0 unspecified atom stereocenters. The van der Waals surface area contributed by atoms with E-state index in [1.165, 1.54) is 12.1 Å². The van der Waals surface area contributed by atoms with Crippen LogP contribution in [0.5, 0.6) is 0 Å². The average Bonchev–Trinajstić information content (AvgIpc) is 2.75. The summed E-state index contributed by atoms with van der Waals surface area (Å²) < 4.78 is 14.7. The zero-order chi connectivity index (χ0) is 12.3. The fourth-order valence-corrected chi connectivity index (χ4v) is 1.77. The smallest absolute Gasteiger partial charge is 0.158 e. The van der Waals surface area contributed by atoms with Gasteiger partial charge in [0.2, 0.25) is 0 Å². The molecule has 0 radical (unpaired) electrons. The second kappa shape index (κ2) is 5.05. The number of nitrogens with zero attached hydrogens (tertiary/aromatic N) is 3. The zero-order valence-corrected chi connectivity index (χ0v) is 9.60. The summed E-state index contributed by atoms with van der Waals surface area (Å²) in [7, 11) is 0. The Bertz CT molecular complexity index is 510. The molecule has 1 N–H and O–H groups in total. The first kappa shape index (κ1) is 11.7. The highest BCUT2D eigenvalue weighted by Crippen LogP contribution is 2.11. The van der Waals surface area contributed by atoms with Crippen molar-refractivity contribution in [1.29, 1.82) is 0 Å². The van der Waals surface area contributed by atoms with Crippen LogP contribution in [0.1, 0.15) is 17.0 Å². The minimum atomic E-state index is -0.216. The van der Waals surface area contributed by atoms with Gasteiger partial charge < -0.3 is 9.67 Å². The van der Waals surface area contributed by atoms with Crippen molar-refractivity contribution in [2.24, 2.45) is 0 Å². The Morgan fingerprint density at radius 1 is 1.41 bits per heavy atom. The summed E-state index contributed by atoms with van der Waals surface area (Å²) in [5, 5.41) is 16.5. The Kier molecular flexibility index (Phi) is 3.49. The number of benzene rings is 1. The summed E-state index contributed by atoms with van der Waals surface area (Å²) in [6, 6.07) is 4.77. The Labute approximate surface area is 98.7 Å². The molecule has 17 heavy (non-hydrogen) atoms. The number of aromatic nitrogens is 3. The third-order valence-corrected chi connectivity index (χ3v) is 2.76. The van der Waals surface area contributed by atoms with Crippen LogP contribution in [-0.4, -0.2) is 19.9 Å². The Hall–Kier alpha value is -1.75. The van der Waals surface area contributed by atoms with Crippen molar-refractivity contribution in [3.63, 3.8) is 0 Å². The van der Waals surface area contributed by atoms with Crippen molar-refractivity contribution in [3.05, 3.63) is 47.3 Å². The number of aliphatic hydroxyl groups is 1. The van der Waals surface area contributed by atoms with Gasteiger partial charge in [0, 0.05) is 6.54 Å². The Morgan fingerprint density at radius 3 is 2.94 bits per heavy atom. The van der Waals surface area contributed by atoms with Gasteiger partial charge in [-0.1, -0.05) is 6.07 Å². The van der Waals surface area contributed by atoms with Crippen LogP contribution in [0, 0.1) is 12.7 Å². The van der Waals surface area contributed by atoms with E-state index in [1.807, 2.05) is 6.92 Å². The molecule has 0 bridgehead atoms. The first-order valence-corrected chi connectivity index (χ1v) is 5.43. The lowest BCUT2D eigenvalue weighted by atomic mass is 10.1. The van der Waals surface area contributed by atoms with Crippen molar-refractivity contribution in [2.75, 3.05) is 0 Å². The number of aryl methyl sites for hydroxylation is 3. The maximum atomic E-state index is 12.9. The van der Waals surface area contributed by atoms with Crippen LogP contribution in [0.15, 0.2) is 24.5 Å². The molecular formula is C12H14FN3O. The van der Waals surface area contributed by atoms with Crippen molar-refractivity contribution < 1.29 is 9.50 Å². The average molecular weight is 235 g/mol. The molecule has 0 amide bonds. The molecular weight excluding hydrogens is 221 g/mol. The highest BCUT2D eigenvalue weighted by atomic mass is 19.1. The highest BCUT2D eigenvalue weighted by Gasteiger charge is 2.04. The van der Waals surface area contributed by atoms with Gasteiger partial charge in [-0.05, 0) is 36.6 Å². The SMILES string of the molecule is Cc1cc(F)ccc1CCn1cnnc1CO. The minimum Gasteiger partial charge on any atom is -0.388 e. The minimum absolute atomic E-state index is 0.123. The molecule has 0 atom stereocenters. The lowest BCUT2D eigenvalue weighted by molar-refractivity contribution is 0.264. The van der Waals surface area contributed by atoms with E-state index in [9.17, 15) is 4.39 Å². The van der Waals surface area contributed by atoms with Gasteiger partial charge in [0.15, 0.2) is 5.82 Å². The third-order valence-electron chi connectivity index (χ3n) is 2.76. The summed E-state index contributed by atoms with van der Waals surface area (Å²) in [5.74, 6) is 0.330. The van der Waals surface area contributed by atoms with Crippen molar-refractivity contribution in [2.45, 2.75) is 26.5 Å². The van der Waals surface area contributed by atoms with Gasteiger partial charge >= 0.3 is 0 Å². The molecule has 5 heteroatoms. The zero-order valence-electron chi connectivity index (χ0n) is 9.60. The summed E-state index contributed by atoms with van der Waals surface area (Å²) in [6.45, 7) is 2.44. The molecule has 0 saturated carbocycles. The molecule has 0 aliphatic heterocycles. The fourth-order valence-electron chi connectivity index (χ4n) is 1.77. The highest BCUT2D eigenvalue weighted by molar-refractivity contribution is 5.26. The standard InChI is InChI=1S/C12H14FN3O/c1-9-6-11(13)3-2-10(9)4-5-16-8-14-15-12(16)7-17/h2-3,6,8,17H,4-5,7H2,1H3. The van der Waals surface area contributed by atoms with Crippen LogP contribution in [0.3, 0.4) is 0 Å². The monoisotopic (exact) mass is 235 g/mol. The lowest BCUT2D eigenvalue weighted by Gasteiger charge is -2.07. The maximum Gasteiger partial charge on any atom is 0.158 e. The normalized spacial score (nSPS) is 10.8. The Balaban J connectivity index is 2.07. The number of rotatable bonds is 4. The van der Waals surface area contributed by atoms with E-state index >= 15 is 0 Å². The summed E-state index contributed by atoms with van der Waals surface area (Å²) in [4.78, 5) is 0. The van der Waals surface area contributed by atoms with Crippen LogP contribution >= 0.6 is 0 Å².